The molecule has 6 nitrogen and oxygen atoms in total. The minimum absolute atomic E-state index is 0. The zero-order chi connectivity index (χ0) is 18.9. The van der Waals surface area contributed by atoms with E-state index in [2.05, 4.69) is 34.6 Å². The van der Waals surface area contributed by atoms with Crippen LogP contribution in [0.1, 0.15) is 44.6 Å². The summed E-state index contributed by atoms with van der Waals surface area (Å²) in [6.45, 7) is 7.18. The summed E-state index contributed by atoms with van der Waals surface area (Å²) in [7, 11) is 1.70. The molecule has 0 fully saturated rings. The monoisotopic (exact) mass is 490 g/mol. The van der Waals surface area contributed by atoms with Gasteiger partial charge in [0.15, 0.2) is 11.7 Å². The Morgan fingerprint density at radius 2 is 2.07 bits per heavy atom. The molecule has 1 unspecified atom stereocenters. The number of hydrogen-bond acceptors (Lipinski definition) is 4. The average molecular weight is 490 g/mol. The molecule has 0 amide bonds. The van der Waals surface area contributed by atoms with Crippen molar-refractivity contribution in [2.45, 2.75) is 45.8 Å². The predicted octanol–water partition coefficient (Wildman–Crippen LogP) is 4.08. The third-order valence-corrected chi connectivity index (χ3v) is 3.87. The Labute approximate surface area is 177 Å². The lowest BCUT2D eigenvalue weighted by molar-refractivity contribution is 0.198. The third kappa shape index (κ3) is 7.74. The molecular formula is C19H28FIN4O2. The van der Waals surface area contributed by atoms with Gasteiger partial charge in [0.25, 0.3) is 0 Å². The molecular weight excluding hydrogens is 462 g/mol. The number of hydrogen-bond donors (Lipinski definition) is 2. The second-order valence-corrected chi connectivity index (χ2v) is 6.28. The van der Waals surface area contributed by atoms with Gasteiger partial charge in [-0.1, -0.05) is 32.0 Å². The van der Waals surface area contributed by atoms with Crippen LogP contribution in [-0.2, 0) is 6.54 Å². The van der Waals surface area contributed by atoms with Gasteiger partial charge < -0.3 is 19.9 Å². The van der Waals surface area contributed by atoms with E-state index in [4.69, 9.17) is 9.26 Å². The van der Waals surface area contributed by atoms with E-state index in [-0.39, 0.29) is 35.9 Å². The summed E-state index contributed by atoms with van der Waals surface area (Å²) in [6, 6.07) is 8.09. The van der Waals surface area contributed by atoms with Crippen molar-refractivity contribution < 1.29 is 13.7 Å². The quantitative estimate of drug-likeness (QED) is 0.332. The lowest BCUT2D eigenvalue weighted by Gasteiger charge is -2.19. The van der Waals surface area contributed by atoms with Crippen LogP contribution in [-0.4, -0.2) is 30.8 Å². The molecule has 0 spiro atoms. The van der Waals surface area contributed by atoms with Gasteiger partial charge >= 0.3 is 0 Å². The van der Waals surface area contributed by atoms with Gasteiger partial charge in [0.05, 0.1) is 18.8 Å². The highest BCUT2D eigenvalue weighted by atomic mass is 127. The van der Waals surface area contributed by atoms with Crippen molar-refractivity contribution in [2.24, 2.45) is 4.99 Å². The lowest BCUT2D eigenvalue weighted by Crippen LogP contribution is -2.42. The summed E-state index contributed by atoms with van der Waals surface area (Å²) >= 11 is 0. The number of guanidine groups is 1. The Morgan fingerprint density at radius 3 is 2.67 bits per heavy atom. The van der Waals surface area contributed by atoms with Gasteiger partial charge in [0.1, 0.15) is 17.7 Å². The van der Waals surface area contributed by atoms with E-state index in [0.717, 1.165) is 17.9 Å². The van der Waals surface area contributed by atoms with Crippen LogP contribution in [0.5, 0.6) is 5.75 Å². The van der Waals surface area contributed by atoms with Crippen molar-refractivity contribution in [3.05, 3.63) is 47.6 Å². The molecule has 2 rings (SSSR count). The van der Waals surface area contributed by atoms with E-state index in [9.17, 15) is 4.39 Å². The van der Waals surface area contributed by atoms with Crippen molar-refractivity contribution in [1.82, 2.24) is 15.8 Å². The fraction of sp³-hybridized carbons (Fsp3) is 0.474. The zero-order valence-corrected chi connectivity index (χ0v) is 18.5. The molecule has 0 radical (unpaired) electrons. The number of rotatable bonds is 8. The average Bonchev–Trinajstić information content (AvgIpc) is 3.10. The first-order valence-electron chi connectivity index (χ1n) is 8.84. The molecule has 1 heterocycles. The molecule has 8 heteroatoms. The Morgan fingerprint density at radius 1 is 1.30 bits per heavy atom. The summed E-state index contributed by atoms with van der Waals surface area (Å²) in [5.74, 6) is 1.92. The van der Waals surface area contributed by atoms with Gasteiger partial charge in [-0.05, 0) is 24.5 Å². The molecule has 0 aliphatic heterocycles. The summed E-state index contributed by atoms with van der Waals surface area (Å²) in [5.41, 5.74) is 0.930. The Balaban J connectivity index is 0.00000364. The van der Waals surface area contributed by atoms with E-state index >= 15 is 0 Å². The Kier molecular flexibility index (Phi) is 10.1. The van der Waals surface area contributed by atoms with Gasteiger partial charge in [-0.2, -0.15) is 0 Å². The molecule has 1 atom stereocenters. The largest absolute Gasteiger partial charge is 0.489 e. The van der Waals surface area contributed by atoms with Crippen molar-refractivity contribution in [1.29, 1.82) is 0 Å². The van der Waals surface area contributed by atoms with Crippen LogP contribution in [0.3, 0.4) is 0 Å². The number of aromatic nitrogens is 1. The molecule has 2 N–H and O–H groups in total. The second kappa shape index (κ2) is 11.8. The fourth-order valence-electron chi connectivity index (χ4n) is 2.29. The fourth-order valence-corrected chi connectivity index (χ4v) is 2.29. The lowest BCUT2D eigenvalue weighted by atomic mass is 10.1. The van der Waals surface area contributed by atoms with Crippen LogP contribution in [0.4, 0.5) is 4.39 Å². The molecule has 2 aromatic rings. The maximum atomic E-state index is 13.3. The summed E-state index contributed by atoms with van der Waals surface area (Å²) in [4.78, 5) is 4.19. The minimum atomic E-state index is -0.310. The molecule has 0 aliphatic rings. The van der Waals surface area contributed by atoms with Gasteiger partial charge in [-0.15, -0.1) is 24.0 Å². The summed E-state index contributed by atoms with van der Waals surface area (Å²) < 4.78 is 24.4. The molecule has 0 aliphatic carbocycles. The summed E-state index contributed by atoms with van der Waals surface area (Å²) in [5, 5.41) is 10.4. The number of halogens is 2. The molecule has 0 bridgehead atoms. The Hall–Kier alpha value is -1.84. The molecule has 1 aromatic carbocycles. The second-order valence-electron chi connectivity index (χ2n) is 6.28. The van der Waals surface area contributed by atoms with E-state index in [1.807, 2.05) is 13.0 Å². The first-order valence-corrected chi connectivity index (χ1v) is 8.84. The maximum Gasteiger partial charge on any atom is 0.191 e. The maximum absolute atomic E-state index is 13.3. The van der Waals surface area contributed by atoms with Gasteiger partial charge in [0, 0.05) is 19.2 Å². The third-order valence-electron chi connectivity index (χ3n) is 3.87. The van der Waals surface area contributed by atoms with Crippen LogP contribution >= 0.6 is 24.0 Å². The van der Waals surface area contributed by atoms with Crippen LogP contribution in [0.2, 0.25) is 0 Å². The van der Waals surface area contributed by atoms with Crippen LogP contribution in [0, 0.1) is 5.82 Å². The standard InChI is InChI=1S/C19H27FN4O2.HI/c1-5-15(25-16-8-6-7-14(20)9-16)11-22-19(21-4)23-12-17-10-18(13(2)3)24-26-17;/h6-10,13,15H,5,11-12H2,1-4H3,(H2,21,22,23);1H. The minimum Gasteiger partial charge on any atom is -0.489 e. The zero-order valence-electron chi connectivity index (χ0n) is 16.2. The van der Waals surface area contributed by atoms with Crippen LogP contribution < -0.4 is 15.4 Å². The normalized spacial score (nSPS) is 12.4. The topological polar surface area (TPSA) is 71.7 Å². The van der Waals surface area contributed by atoms with E-state index < -0.39 is 0 Å². The van der Waals surface area contributed by atoms with Crippen molar-refractivity contribution >= 4 is 29.9 Å². The summed E-state index contributed by atoms with van der Waals surface area (Å²) in [6.07, 6.45) is 0.675. The Bertz CT molecular complexity index is 721. The number of aliphatic imine (C=N–C) groups is 1. The molecule has 150 valence electrons. The van der Waals surface area contributed by atoms with Gasteiger partial charge in [-0.25, -0.2) is 4.39 Å². The highest BCUT2D eigenvalue weighted by Crippen LogP contribution is 2.15. The first-order chi connectivity index (χ1) is 12.5. The number of nitrogens with one attached hydrogen (secondary N) is 2. The molecule has 1 aromatic heterocycles. The highest BCUT2D eigenvalue weighted by molar-refractivity contribution is 14.0. The molecule has 27 heavy (non-hydrogen) atoms. The van der Waals surface area contributed by atoms with Gasteiger partial charge in [-0.3, -0.25) is 4.99 Å². The predicted molar refractivity (Wildman–Crippen MR) is 115 cm³/mol. The molecule has 0 saturated heterocycles. The highest BCUT2D eigenvalue weighted by Gasteiger charge is 2.11. The van der Waals surface area contributed by atoms with Crippen molar-refractivity contribution in [2.75, 3.05) is 13.6 Å². The van der Waals surface area contributed by atoms with E-state index in [1.165, 1.54) is 12.1 Å². The molecule has 0 saturated carbocycles. The van der Waals surface area contributed by atoms with Crippen molar-refractivity contribution in [3.63, 3.8) is 0 Å². The van der Waals surface area contributed by atoms with E-state index in [0.29, 0.717) is 30.7 Å². The first kappa shape index (κ1) is 23.2. The van der Waals surface area contributed by atoms with E-state index in [1.54, 1.807) is 19.2 Å². The smallest absolute Gasteiger partial charge is 0.191 e. The van der Waals surface area contributed by atoms with Crippen LogP contribution in [0.15, 0.2) is 39.8 Å². The van der Waals surface area contributed by atoms with Crippen molar-refractivity contribution in [3.8, 4) is 5.75 Å². The SMILES string of the molecule is CCC(CNC(=NC)NCc1cc(C(C)C)no1)Oc1cccc(F)c1.I. The number of benzene rings is 1. The van der Waals surface area contributed by atoms with Crippen LogP contribution in [0.25, 0.3) is 0 Å². The number of ether oxygens (including phenoxy) is 1. The van der Waals surface area contributed by atoms with Gasteiger partial charge in [0.2, 0.25) is 0 Å². The number of nitrogens with zero attached hydrogens (tertiary/aromatic N) is 2.